The van der Waals surface area contributed by atoms with Crippen molar-refractivity contribution in [3.8, 4) is 0 Å². The van der Waals surface area contributed by atoms with Crippen LogP contribution in [0.3, 0.4) is 0 Å². The van der Waals surface area contributed by atoms with Gasteiger partial charge in [-0.15, -0.1) is 0 Å². The summed E-state index contributed by atoms with van der Waals surface area (Å²) >= 11 is 0. The van der Waals surface area contributed by atoms with Gasteiger partial charge in [0, 0.05) is 20.2 Å². The van der Waals surface area contributed by atoms with Crippen molar-refractivity contribution >= 4 is 11.5 Å². The van der Waals surface area contributed by atoms with Crippen LogP contribution in [0.2, 0.25) is 0 Å². The first-order chi connectivity index (χ1) is 8.56. The van der Waals surface area contributed by atoms with E-state index in [9.17, 15) is 0 Å². The van der Waals surface area contributed by atoms with Gasteiger partial charge >= 0.3 is 0 Å². The summed E-state index contributed by atoms with van der Waals surface area (Å²) in [6.45, 7) is 5.92. The predicted molar refractivity (Wildman–Crippen MR) is 73.7 cm³/mol. The summed E-state index contributed by atoms with van der Waals surface area (Å²) in [5.41, 5.74) is 7.83. The highest BCUT2D eigenvalue weighted by atomic mass is 16.5. The molecule has 1 aromatic rings. The molecule has 102 valence electrons. The highest BCUT2D eigenvalue weighted by molar-refractivity contribution is 5.65. The van der Waals surface area contributed by atoms with Gasteiger partial charge in [0.1, 0.15) is 5.82 Å². The molecule has 2 heterocycles. The van der Waals surface area contributed by atoms with E-state index in [1.165, 1.54) is 0 Å². The van der Waals surface area contributed by atoms with Crippen molar-refractivity contribution in [3.05, 3.63) is 5.69 Å². The van der Waals surface area contributed by atoms with Crippen LogP contribution in [-0.4, -0.2) is 28.5 Å². The summed E-state index contributed by atoms with van der Waals surface area (Å²) < 4.78 is 7.60. The highest BCUT2D eigenvalue weighted by Crippen LogP contribution is 2.28. The lowest BCUT2D eigenvalue weighted by molar-refractivity contribution is 0.0314. The van der Waals surface area contributed by atoms with Gasteiger partial charge in [0.15, 0.2) is 0 Å². The monoisotopic (exact) mass is 252 g/mol. The van der Waals surface area contributed by atoms with E-state index >= 15 is 0 Å². The van der Waals surface area contributed by atoms with E-state index in [-0.39, 0.29) is 5.60 Å². The third kappa shape index (κ3) is 2.61. The lowest BCUT2D eigenvalue weighted by Gasteiger charge is -2.24. The summed E-state index contributed by atoms with van der Waals surface area (Å²) in [4.78, 5) is 0. The topological polar surface area (TPSA) is 65.1 Å². The maximum atomic E-state index is 6.13. The van der Waals surface area contributed by atoms with E-state index < -0.39 is 0 Å². The number of nitrogen functional groups attached to an aromatic ring is 1. The van der Waals surface area contributed by atoms with E-state index in [1.807, 2.05) is 11.7 Å². The molecule has 5 nitrogen and oxygen atoms in total. The third-order valence-electron chi connectivity index (χ3n) is 3.58. The zero-order valence-corrected chi connectivity index (χ0v) is 11.6. The number of hydrogen-bond donors (Lipinski definition) is 2. The Morgan fingerprint density at radius 1 is 1.56 bits per heavy atom. The van der Waals surface area contributed by atoms with Gasteiger partial charge in [-0.05, 0) is 26.2 Å². The molecule has 3 N–H and O–H groups in total. The molecule has 0 aliphatic carbocycles. The van der Waals surface area contributed by atoms with Crippen LogP contribution < -0.4 is 11.1 Å². The van der Waals surface area contributed by atoms with Gasteiger partial charge in [0.05, 0.1) is 17.0 Å². The molecule has 0 spiro atoms. The van der Waals surface area contributed by atoms with Crippen molar-refractivity contribution in [3.63, 3.8) is 0 Å². The van der Waals surface area contributed by atoms with Crippen LogP contribution in [0.15, 0.2) is 0 Å². The first-order valence-electron chi connectivity index (χ1n) is 6.75. The fraction of sp³-hybridized carbons (Fsp3) is 0.769. The number of nitrogens with two attached hydrogens (primary N) is 1. The standard InChI is InChI=1S/C13H24N4O/c1-4-6-10-11(14)12(17(3)16-10)15-9-13(2)7-5-8-18-13/h15H,4-9,14H2,1-3H3. The zero-order chi connectivity index (χ0) is 13.2. The summed E-state index contributed by atoms with van der Waals surface area (Å²) in [6, 6.07) is 0. The van der Waals surface area contributed by atoms with Crippen LogP contribution in [0.5, 0.6) is 0 Å². The Morgan fingerprint density at radius 3 is 2.94 bits per heavy atom. The van der Waals surface area contributed by atoms with Crippen molar-refractivity contribution in [1.82, 2.24) is 9.78 Å². The van der Waals surface area contributed by atoms with Crippen molar-refractivity contribution < 1.29 is 4.74 Å². The molecule has 18 heavy (non-hydrogen) atoms. The second kappa shape index (κ2) is 5.18. The van der Waals surface area contributed by atoms with Crippen LogP contribution in [0, 0.1) is 0 Å². The average molecular weight is 252 g/mol. The van der Waals surface area contributed by atoms with Crippen LogP contribution in [-0.2, 0) is 18.2 Å². The molecule has 1 aliphatic heterocycles. The number of ether oxygens (including phenoxy) is 1. The first kappa shape index (κ1) is 13.2. The second-order valence-corrected chi connectivity index (χ2v) is 5.34. The van der Waals surface area contributed by atoms with Crippen LogP contribution >= 0.6 is 0 Å². The largest absolute Gasteiger partial charge is 0.394 e. The van der Waals surface area contributed by atoms with E-state index in [2.05, 4.69) is 24.3 Å². The molecule has 5 heteroatoms. The van der Waals surface area contributed by atoms with Gasteiger partial charge < -0.3 is 15.8 Å². The minimum absolute atomic E-state index is 0.0678. The predicted octanol–water partition coefficient (Wildman–Crippen LogP) is 1.94. The lowest BCUT2D eigenvalue weighted by Crippen LogP contribution is -2.33. The number of anilines is 2. The molecule has 0 bridgehead atoms. The fourth-order valence-corrected chi connectivity index (χ4v) is 2.47. The van der Waals surface area contributed by atoms with Gasteiger partial charge in [-0.3, -0.25) is 4.68 Å². The molecule has 1 atom stereocenters. The van der Waals surface area contributed by atoms with Crippen molar-refractivity contribution in [1.29, 1.82) is 0 Å². The van der Waals surface area contributed by atoms with E-state index in [0.29, 0.717) is 0 Å². The average Bonchev–Trinajstić information content (AvgIpc) is 2.85. The molecule has 0 radical (unpaired) electrons. The maximum absolute atomic E-state index is 6.13. The van der Waals surface area contributed by atoms with Crippen LogP contribution in [0.25, 0.3) is 0 Å². The van der Waals surface area contributed by atoms with Crippen molar-refractivity contribution in [2.24, 2.45) is 7.05 Å². The Hall–Kier alpha value is -1.23. The quantitative estimate of drug-likeness (QED) is 0.840. The van der Waals surface area contributed by atoms with Gasteiger partial charge in [-0.25, -0.2) is 0 Å². The number of rotatable bonds is 5. The molecule has 1 unspecified atom stereocenters. The van der Waals surface area contributed by atoms with Crippen LogP contribution in [0.4, 0.5) is 11.5 Å². The smallest absolute Gasteiger partial charge is 0.147 e. The molecular weight excluding hydrogens is 228 g/mol. The Kier molecular flexibility index (Phi) is 3.80. The van der Waals surface area contributed by atoms with Crippen molar-refractivity contribution in [2.75, 3.05) is 24.2 Å². The fourth-order valence-electron chi connectivity index (χ4n) is 2.47. The Morgan fingerprint density at radius 2 is 2.33 bits per heavy atom. The summed E-state index contributed by atoms with van der Waals surface area (Å²) in [5.74, 6) is 0.912. The minimum Gasteiger partial charge on any atom is -0.394 e. The van der Waals surface area contributed by atoms with Gasteiger partial charge in [0.2, 0.25) is 0 Å². The maximum Gasteiger partial charge on any atom is 0.147 e. The minimum atomic E-state index is -0.0678. The molecule has 1 aliphatic rings. The van der Waals surface area contributed by atoms with Gasteiger partial charge in [-0.2, -0.15) is 5.10 Å². The molecule has 1 aromatic heterocycles. The first-order valence-corrected chi connectivity index (χ1v) is 6.75. The normalized spacial score (nSPS) is 23.5. The SMILES string of the molecule is CCCc1nn(C)c(NCC2(C)CCCO2)c1N. The molecule has 2 rings (SSSR count). The third-order valence-corrected chi connectivity index (χ3v) is 3.58. The summed E-state index contributed by atoms with van der Waals surface area (Å²) in [5, 5.41) is 7.85. The van der Waals surface area contributed by atoms with Crippen molar-refractivity contribution in [2.45, 2.75) is 45.1 Å². The van der Waals surface area contributed by atoms with E-state index in [4.69, 9.17) is 10.5 Å². The van der Waals surface area contributed by atoms with Crippen LogP contribution in [0.1, 0.15) is 38.8 Å². The molecular formula is C13H24N4O. The lowest BCUT2D eigenvalue weighted by atomic mass is 10.0. The number of nitrogens with one attached hydrogen (secondary N) is 1. The molecule has 1 fully saturated rings. The molecule has 0 amide bonds. The van der Waals surface area contributed by atoms with Gasteiger partial charge in [-0.1, -0.05) is 13.3 Å². The summed E-state index contributed by atoms with van der Waals surface area (Å²) in [7, 11) is 1.93. The number of aromatic nitrogens is 2. The number of aryl methyl sites for hydroxylation is 2. The second-order valence-electron chi connectivity index (χ2n) is 5.34. The Balaban J connectivity index is 2.04. The summed E-state index contributed by atoms with van der Waals surface area (Å²) in [6.07, 6.45) is 4.22. The zero-order valence-electron chi connectivity index (χ0n) is 11.6. The van der Waals surface area contributed by atoms with E-state index in [0.717, 1.165) is 56.0 Å². The number of hydrogen-bond acceptors (Lipinski definition) is 4. The number of nitrogens with zero attached hydrogens (tertiary/aromatic N) is 2. The molecule has 0 saturated carbocycles. The Bertz CT molecular complexity index is 407. The molecule has 0 aromatic carbocycles. The molecule has 1 saturated heterocycles. The van der Waals surface area contributed by atoms with Gasteiger partial charge in [0.25, 0.3) is 0 Å². The Labute approximate surface area is 109 Å². The van der Waals surface area contributed by atoms with E-state index in [1.54, 1.807) is 0 Å². The highest BCUT2D eigenvalue weighted by Gasteiger charge is 2.30.